The number of aromatic nitrogens is 3. The third kappa shape index (κ3) is 3.14. The summed E-state index contributed by atoms with van der Waals surface area (Å²) >= 11 is 1.82. The topological polar surface area (TPSA) is 34.0 Å². The van der Waals surface area contributed by atoms with E-state index in [1.807, 2.05) is 18.1 Å². The number of nitrogens with zero attached hydrogens (tertiary/aromatic N) is 4. The van der Waals surface area contributed by atoms with Crippen molar-refractivity contribution in [2.45, 2.75) is 44.3 Å². The van der Waals surface area contributed by atoms with Gasteiger partial charge in [-0.2, -0.15) is 0 Å². The molecule has 21 heavy (non-hydrogen) atoms. The molecule has 1 aliphatic heterocycles. The van der Waals surface area contributed by atoms with Crippen LogP contribution in [0, 0.1) is 0 Å². The summed E-state index contributed by atoms with van der Waals surface area (Å²) in [5, 5.41) is 8.34. The summed E-state index contributed by atoms with van der Waals surface area (Å²) in [6.45, 7) is 7.32. The predicted octanol–water partition coefficient (Wildman–Crippen LogP) is 3.14. The van der Waals surface area contributed by atoms with Crippen LogP contribution in [-0.2, 0) is 19.5 Å². The molecule has 0 atom stereocenters. The molecular weight excluding hydrogens is 280 g/mol. The molecule has 0 aliphatic carbocycles. The minimum absolute atomic E-state index is 0.413. The van der Waals surface area contributed by atoms with Crippen molar-refractivity contribution in [3.63, 3.8) is 0 Å². The van der Waals surface area contributed by atoms with Crippen LogP contribution in [0.15, 0.2) is 29.4 Å². The molecule has 2 aromatic rings. The van der Waals surface area contributed by atoms with Crippen LogP contribution in [0.5, 0.6) is 0 Å². The molecule has 5 heteroatoms. The molecule has 0 spiro atoms. The highest BCUT2D eigenvalue weighted by atomic mass is 32.2. The fourth-order valence-electron chi connectivity index (χ4n) is 2.86. The molecule has 3 rings (SSSR count). The highest BCUT2D eigenvalue weighted by molar-refractivity contribution is 7.98. The molecule has 2 heterocycles. The summed E-state index contributed by atoms with van der Waals surface area (Å²) in [5.74, 6) is 1.06. The highest BCUT2D eigenvalue weighted by Crippen LogP contribution is 2.25. The van der Waals surface area contributed by atoms with Gasteiger partial charge in [-0.1, -0.05) is 6.07 Å². The molecule has 0 bridgehead atoms. The summed E-state index contributed by atoms with van der Waals surface area (Å²) in [4.78, 5) is 3.83. The Morgan fingerprint density at radius 2 is 2.14 bits per heavy atom. The molecule has 4 nitrogen and oxygen atoms in total. The second-order valence-corrected chi connectivity index (χ2v) is 6.72. The Kier molecular flexibility index (Phi) is 4.31. The van der Waals surface area contributed by atoms with Crippen molar-refractivity contribution in [2.75, 3.05) is 12.8 Å². The Morgan fingerprint density at radius 3 is 2.90 bits per heavy atom. The van der Waals surface area contributed by atoms with Crippen LogP contribution in [-0.4, -0.2) is 32.5 Å². The average molecular weight is 302 g/mol. The quantitative estimate of drug-likeness (QED) is 0.813. The lowest BCUT2D eigenvalue weighted by atomic mass is 10.00. The zero-order valence-corrected chi connectivity index (χ0v) is 13.7. The molecule has 1 aromatic heterocycles. The van der Waals surface area contributed by atoms with Crippen molar-refractivity contribution in [3.8, 4) is 0 Å². The van der Waals surface area contributed by atoms with Gasteiger partial charge < -0.3 is 4.57 Å². The van der Waals surface area contributed by atoms with Crippen LogP contribution in [0.4, 0.5) is 0 Å². The van der Waals surface area contributed by atoms with Crippen LogP contribution in [0.1, 0.15) is 36.8 Å². The first-order chi connectivity index (χ1) is 10.2. The van der Waals surface area contributed by atoms with Crippen LogP contribution in [0.2, 0.25) is 0 Å². The van der Waals surface area contributed by atoms with Crippen molar-refractivity contribution in [1.29, 1.82) is 0 Å². The van der Waals surface area contributed by atoms with Gasteiger partial charge in [0.1, 0.15) is 12.2 Å². The highest BCUT2D eigenvalue weighted by Gasteiger charge is 2.19. The van der Waals surface area contributed by atoms with E-state index in [1.165, 1.54) is 16.0 Å². The van der Waals surface area contributed by atoms with Crippen molar-refractivity contribution in [2.24, 2.45) is 0 Å². The molecule has 0 radical (unpaired) electrons. The Balaban J connectivity index is 1.73. The number of hydrogen-bond donors (Lipinski definition) is 0. The number of benzene rings is 1. The van der Waals surface area contributed by atoms with E-state index < -0.39 is 0 Å². The maximum Gasteiger partial charge on any atom is 0.147 e. The van der Waals surface area contributed by atoms with Gasteiger partial charge in [-0.3, -0.25) is 4.90 Å². The fraction of sp³-hybridized carbons (Fsp3) is 0.500. The third-order valence-corrected chi connectivity index (χ3v) is 4.80. The SMILES string of the molecule is CSc1ccc2c(c1)CCN(Cc1nncn1C(C)C)C2. The maximum atomic E-state index is 4.28. The van der Waals surface area contributed by atoms with Gasteiger partial charge in [-0.05, 0) is 49.8 Å². The molecule has 0 saturated carbocycles. The molecule has 0 N–H and O–H groups in total. The third-order valence-electron chi connectivity index (χ3n) is 4.07. The second kappa shape index (κ2) is 6.20. The number of rotatable bonds is 4. The Labute approximate surface area is 130 Å². The first-order valence-corrected chi connectivity index (χ1v) is 8.66. The van der Waals surface area contributed by atoms with E-state index in [0.29, 0.717) is 6.04 Å². The van der Waals surface area contributed by atoms with Crippen molar-refractivity contribution >= 4 is 11.8 Å². The Morgan fingerprint density at radius 1 is 1.29 bits per heavy atom. The Hall–Kier alpha value is -1.33. The lowest BCUT2D eigenvalue weighted by Crippen LogP contribution is -2.31. The second-order valence-electron chi connectivity index (χ2n) is 5.84. The zero-order valence-electron chi connectivity index (χ0n) is 12.9. The first-order valence-electron chi connectivity index (χ1n) is 7.44. The van der Waals surface area contributed by atoms with E-state index in [0.717, 1.165) is 31.9 Å². The van der Waals surface area contributed by atoms with E-state index >= 15 is 0 Å². The minimum Gasteiger partial charge on any atom is -0.314 e. The van der Waals surface area contributed by atoms with Crippen LogP contribution in [0.25, 0.3) is 0 Å². The molecule has 1 aromatic carbocycles. The van der Waals surface area contributed by atoms with E-state index in [-0.39, 0.29) is 0 Å². The summed E-state index contributed by atoms with van der Waals surface area (Å²) in [5.41, 5.74) is 2.96. The van der Waals surface area contributed by atoms with Gasteiger partial charge in [-0.25, -0.2) is 0 Å². The number of thioether (sulfide) groups is 1. The van der Waals surface area contributed by atoms with E-state index in [4.69, 9.17) is 0 Å². The summed E-state index contributed by atoms with van der Waals surface area (Å²) < 4.78 is 2.16. The largest absolute Gasteiger partial charge is 0.314 e. The maximum absolute atomic E-state index is 4.28. The molecule has 1 aliphatic rings. The molecule has 0 saturated heterocycles. The first kappa shape index (κ1) is 14.6. The molecule has 0 unspecified atom stereocenters. The predicted molar refractivity (Wildman–Crippen MR) is 86.4 cm³/mol. The summed E-state index contributed by atoms with van der Waals surface area (Å²) in [6.07, 6.45) is 5.10. The Bertz CT molecular complexity index is 620. The monoisotopic (exact) mass is 302 g/mol. The van der Waals surface area contributed by atoms with E-state index in [2.05, 4.69) is 58.0 Å². The van der Waals surface area contributed by atoms with Crippen LogP contribution in [0.3, 0.4) is 0 Å². The number of hydrogen-bond acceptors (Lipinski definition) is 4. The van der Waals surface area contributed by atoms with Crippen LogP contribution >= 0.6 is 11.8 Å². The molecular formula is C16H22N4S. The average Bonchev–Trinajstić information content (AvgIpc) is 2.95. The fourth-order valence-corrected chi connectivity index (χ4v) is 3.32. The number of fused-ring (bicyclic) bond motifs is 1. The normalized spacial score (nSPS) is 15.4. The summed E-state index contributed by atoms with van der Waals surface area (Å²) in [6, 6.07) is 7.26. The smallest absolute Gasteiger partial charge is 0.147 e. The van der Waals surface area contributed by atoms with E-state index in [1.54, 1.807) is 0 Å². The molecule has 0 amide bonds. The van der Waals surface area contributed by atoms with Crippen LogP contribution < -0.4 is 0 Å². The summed E-state index contributed by atoms with van der Waals surface area (Å²) in [7, 11) is 0. The van der Waals surface area contributed by atoms with Crippen molar-refractivity contribution in [1.82, 2.24) is 19.7 Å². The van der Waals surface area contributed by atoms with Gasteiger partial charge in [0.15, 0.2) is 0 Å². The van der Waals surface area contributed by atoms with Gasteiger partial charge in [0.05, 0.1) is 6.54 Å². The van der Waals surface area contributed by atoms with Gasteiger partial charge in [0, 0.05) is 24.0 Å². The lowest BCUT2D eigenvalue weighted by molar-refractivity contribution is 0.234. The molecule has 112 valence electrons. The standard InChI is InChI=1S/C16H22N4S/c1-12(2)20-11-17-18-16(20)10-19-7-6-13-8-15(21-3)5-4-14(13)9-19/h4-5,8,11-12H,6-7,9-10H2,1-3H3. The van der Waals surface area contributed by atoms with Crippen molar-refractivity contribution < 1.29 is 0 Å². The van der Waals surface area contributed by atoms with E-state index in [9.17, 15) is 0 Å². The van der Waals surface area contributed by atoms with Gasteiger partial charge in [0.2, 0.25) is 0 Å². The van der Waals surface area contributed by atoms with Gasteiger partial charge >= 0.3 is 0 Å². The lowest BCUT2D eigenvalue weighted by Gasteiger charge is -2.29. The minimum atomic E-state index is 0.413. The van der Waals surface area contributed by atoms with Gasteiger partial charge in [-0.15, -0.1) is 22.0 Å². The van der Waals surface area contributed by atoms with Crippen molar-refractivity contribution in [3.05, 3.63) is 41.5 Å². The van der Waals surface area contributed by atoms with Gasteiger partial charge in [0.25, 0.3) is 0 Å². The zero-order chi connectivity index (χ0) is 14.8. The molecule has 0 fully saturated rings.